The van der Waals surface area contributed by atoms with Gasteiger partial charge < -0.3 is 14.6 Å². The van der Waals surface area contributed by atoms with Crippen LogP contribution in [0.3, 0.4) is 0 Å². The van der Waals surface area contributed by atoms with Crippen LogP contribution >= 0.6 is 0 Å². The summed E-state index contributed by atoms with van der Waals surface area (Å²) >= 11 is 0. The molecule has 0 radical (unpaired) electrons. The van der Waals surface area contributed by atoms with Crippen LogP contribution in [0, 0.1) is 42.4 Å². The Kier molecular flexibility index (Phi) is 8.79. The molecule has 3 heterocycles. The van der Waals surface area contributed by atoms with Crippen molar-refractivity contribution in [3.63, 3.8) is 0 Å². The molecular formula is C26H31NO9S2. The van der Waals surface area contributed by atoms with Crippen molar-refractivity contribution in [2.75, 3.05) is 23.0 Å². The SMILES string of the molecule is C#CCC1(C(=O)OCc2cnc(C)c(O)c2COC(=O)C2(CC#C)CCS(=O)(=O)CC2)CCS(=O)(=O)CC1. The highest BCUT2D eigenvalue weighted by molar-refractivity contribution is 7.91. The van der Waals surface area contributed by atoms with Crippen LogP contribution in [0.1, 0.15) is 55.3 Å². The molecule has 0 atom stereocenters. The quantitative estimate of drug-likeness (QED) is 0.363. The molecule has 0 aliphatic carbocycles. The van der Waals surface area contributed by atoms with E-state index >= 15 is 0 Å². The third-order valence-corrected chi connectivity index (χ3v) is 10.8. The molecule has 0 saturated carbocycles. The molecule has 2 fully saturated rings. The van der Waals surface area contributed by atoms with E-state index in [0.29, 0.717) is 0 Å². The smallest absolute Gasteiger partial charge is 0.313 e. The highest BCUT2D eigenvalue weighted by Gasteiger charge is 2.45. The molecule has 2 aliphatic rings. The molecule has 0 unspecified atom stereocenters. The summed E-state index contributed by atoms with van der Waals surface area (Å²) in [6.45, 7) is 0.847. The Hall–Kier alpha value is -3.09. The number of hydrogen-bond acceptors (Lipinski definition) is 10. The predicted octanol–water partition coefficient (Wildman–Crippen LogP) is 1.62. The van der Waals surface area contributed by atoms with Crippen molar-refractivity contribution in [3.8, 4) is 30.4 Å². The number of hydrogen-bond donors (Lipinski definition) is 1. The first kappa shape index (κ1) is 29.5. The molecule has 3 rings (SSSR count). The molecule has 1 N–H and O–H groups in total. The number of sulfone groups is 2. The number of nitrogens with zero attached hydrogens (tertiary/aromatic N) is 1. The fourth-order valence-corrected chi connectivity index (χ4v) is 7.93. The van der Waals surface area contributed by atoms with Crippen molar-refractivity contribution in [2.45, 2.75) is 58.7 Å². The van der Waals surface area contributed by atoms with Crippen molar-refractivity contribution in [2.24, 2.45) is 10.8 Å². The number of rotatable bonds is 8. The predicted molar refractivity (Wildman–Crippen MR) is 138 cm³/mol. The van der Waals surface area contributed by atoms with Gasteiger partial charge in [0.25, 0.3) is 0 Å². The van der Waals surface area contributed by atoms with Crippen LogP contribution in [0.4, 0.5) is 0 Å². The minimum atomic E-state index is -3.25. The number of aryl methyl sites for hydroxylation is 1. The normalized spacial score (nSPS) is 20.8. The van der Waals surface area contributed by atoms with Crippen molar-refractivity contribution in [1.29, 1.82) is 0 Å². The maximum atomic E-state index is 13.1. The van der Waals surface area contributed by atoms with E-state index in [1.165, 1.54) is 6.20 Å². The third-order valence-electron chi connectivity index (χ3n) is 7.45. The van der Waals surface area contributed by atoms with Gasteiger partial charge in [-0.15, -0.1) is 24.7 Å². The second-order valence-electron chi connectivity index (χ2n) is 9.97. The Morgan fingerprint density at radius 1 is 0.895 bits per heavy atom. The standard InChI is InChI=1S/C26H31NO9S2/c1-4-6-25(8-12-37(31,32)13-9-25)23(29)35-17-20-16-27-19(3)22(28)21(20)18-36-24(30)26(7-5-2)10-14-38(33,34)15-11-26/h1-2,16,28H,6-15,17-18H2,3H3. The van der Waals surface area contributed by atoms with E-state index in [9.17, 15) is 31.5 Å². The van der Waals surface area contributed by atoms with Crippen LogP contribution in [0.15, 0.2) is 6.20 Å². The maximum Gasteiger partial charge on any atom is 0.313 e. The molecule has 1 aromatic heterocycles. The second kappa shape index (κ2) is 11.3. The van der Waals surface area contributed by atoms with E-state index in [0.717, 1.165) is 0 Å². The highest BCUT2D eigenvalue weighted by atomic mass is 32.2. The number of carbonyl (C=O) groups excluding carboxylic acids is 2. The van der Waals surface area contributed by atoms with Crippen molar-refractivity contribution in [3.05, 3.63) is 23.0 Å². The zero-order valence-corrected chi connectivity index (χ0v) is 22.8. The lowest BCUT2D eigenvalue weighted by Gasteiger charge is -2.33. The first-order chi connectivity index (χ1) is 17.8. The monoisotopic (exact) mass is 565 g/mol. The molecule has 0 amide bonds. The Morgan fingerprint density at radius 2 is 1.32 bits per heavy atom. The maximum absolute atomic E-state index is 13.1. The van der Waals surface area contributed by atoms with Crippen molar-refractivity contribution in [1.82, 2.24) is 4.98 Å². The van der Waals surface area contributed by atoms with E-state index in [2.05, 4.69) is 16.8 Å². The lowest BCUT2D eigenvalue weighted by Crippen LogP contribution is -2.41. The van der Waals surface area contributed by atoms with Gasteiger partial charge in [0.2, 0.25) is 0 Å². The minimum absolute atomic E-state index is 0.0140. The van der Waals surface area contributed by atoms with Crippen LogP contribution in [-0.2, 0) is 52.0 Å². The Balaban J connectivity index is 1.76. The summed E-state index contributed by atoms with van der Waals surface area (Å²) in [7, 11) is -6.50. The molecule has 206 valence electrons. The van der Waals surface area contributed by atoms with E-state index in [1.54, 1.807) is 6.92 Å². The number of esters is 2. The average Bonchev–Trinajstić information content (AvgIpc) is 2.87. The van der Waals surface area contributed by atoms with E-state index in [4.69, 9.17) is 22.3 Å². The van der Waals surface area contributed by atoms with Gasteiger partial charge in [0.05, 0.1) is 39.5 Å². The molecular weight excluding hydrogens is 534 g/mol. The van der Waals surface area contributed by atoms with Gasteiger partial charge in [-0.3, -0.25) is 14.6 Å². The van der Waals surface area contributed by atoms with E-state index in [-0.39, 0.29) is 97.3 Å². The molecule has 0 bridgehead atoms. The van der Waals surface area contributed by atoms with Crippen LogP contribution in [0.25, 0.3) is 0 Å². The summed E-state index contributed by atoms with van der Waals surface area (Å²) in [5.41, 5.74) is -1.56. The van der Waals surface area contributed by atoms with Gasteiger partial charge in [0.15, 0.2) is 0 Å². The Labute approximate surface area is 223 Å². The number of terminal acetylenes is 2. The molecule has 2 saturated heterocycles. The molecule has 1 aromatic rings. The lowest BCUT2D eigenvalue weighted by molar-refractivity contribution is -0.159. The number of carbonyl (C=O) groups is 2. The lowest BCUT2D eigenvalue weighted by atomic mass is 9.79. The van der Waals surface area contributed by atoms with Gasteiger partial charge >= 0.3 is 11.9 Å². The van der Waals surface area contributed by atoms with E-state index < -0.39 is 42.4 Å². The first-order valence-electron chi connectivity index (χ1n) is 12.1. The topological polar surface area (TPSA) is 154 Å². The van der Waals surface area contributed by atoms with Gasteiger partial charge in [0.1, 0.15) is 38.6 Å². The van der Waals surface area contributed by atoms with E-state index in [1.807, 2.05) is 0 Å². The van der Waals surface area contributed by atoms with Crippen LogP contribution in [-0.4, -0.2) is 61.9 Å². The fourth-order valence-electron chi connectivity index (χ4n) is 4.71. The van der Waals surface area contributed by atoms with Crippen molar-refractivity contribution >= 4 is 31.6 Å². The number of pyridine rings is 1. The number of aromatic nitrogens is 1. The number of aromatic hydroxyl groups is 1. The molecule has 0 spiro atoms. The van der Waals surface area contributed by atoms with Gasteiger partial charge in [-0.05, 0) is 32.6 Å². The molecule has 12 heteroatoms. The van der Waals surface area contributed by atoms with Gasteiger partial charge in [-0.1, -0.05) is 0 Å². The van der Waals surface area contributed by atoms with Crippen LogP contribution in [0.2, 0.25) is 0 Å². The largest absolute Gasteiger partial charge is 0.506 e. The molecule has 0 aromatic carbocycles. The van der Waals surface area contributed by atoms with Gasteiger partial charge in [-0.2, -0.15) is 0 Å². The summed E-state index contributed by atoms with van der Waals surface area (Å²) in [5.74, 6) is 2.63. The fraction of sp³-hybridized carbons (Fsp3) is 0.577. The molecule has 2 aliphatic heterocycles. The van der Waals surface area contributed by atoms with Crippen LogP contribution < -0.4 is 0 Å². The summed E-state index contributed by atoms with van der Waals surface area (Å²) in [5, 5.41) is 10.6. The zero-order chi connectivity index (χ0) is 28.2. The summed E-state index contributed by atoms with van der Waals surface area (Å²) in [4.78, 5) is 30.2. The minimum Gasteiger partial charge on any atom is -0.506 e. The summed E-state index contributed by atoms with van der Waals surface area (Å²) in [6, 6.07) is 0. The van der Waals surface area contributed by atoms with Gasteiger partial charge in [0, 0.05) is 30.2 Å². The average molecular weight is 566 g/mol. The number of ether oxygens (including phenoxy) is 2. The van der Waals surface area contributed by atoms with Gasteiger partial charge in [-0.25, -0.2) is 16.8 Å². The zero-order valence-electron chi connectivity index (χ0n) is 21.2. The van der Waals surface area contributed by atoms with Crippen LogP contribution in [0.5, 0.6) is 5.75 Å². The summed E-state index contributed by atoms with van der Waals surface area (Å²) in [6.07, 6.45) is 12.5. The Morgan fingerprint density at radius 3 is 1.74 bits per heavy atom. The van der Waals surface area contributed by atoms with Crippen molar-refractivity contribution < 1.29 is 41.0 Å². The third kappa shape index (κ3) is 6.48. The molecule has 10 nitrogen and oxygen atoms in total. The highest BCUT2D eigenvalue weighted by Crippen LogP contribution is 2.39. The first-order valence-corrected chi connectivity index (χ1v) is 15.7. The molecule has 38 heavy (non-hydrogen) atoms. The second-order valence-corrected chi connectivity index (χ2v) is 14.6. The Bertz CT molecular complexity index is 1370. The summed E-state index contributed by atoms with van der Waals surface area (Å²) < 4.78 is 58.6.